The Bertz CT molecular complexity index is 819. The van der Waals surface area contributed by atoms with E-state index in [1.54, 1.807) is 11.4 Å². The molecule has 4 N–H and O–H groups in total. The van der Waals surface area contributed by atoms with Crippen molar-refractivity contribution in [3.05, 3.63) is 53.0 Å². The summed E-state index contributed by atoms with van der Waals surface area (Å²) in [4.78, 5) is 26.2. The summed E-state index contributed by atoms with van der Waals surface area (Å²) in [5.74, 6) is -0.624. The van der Waals surface area contributed by atoms with Gasteiger partial charge in [-0.05, 0) is 17.7 Å². The second kappa shape index (κ2) is 5.41. The van der Waals surface area contributed by atoms with Crippen molar-refractivity contribution >= 4 is 39.1 Å². The molecule has 0 unspecified atom stereocenters. The Kier molecular flexibility index (Phi) is 3.45. The van der Waals surface area contributed by atoms with Crippen molar-refractivity contribution in [2.24, 2.45) is 5.73 Å². The predicted molar refractivity (Wildman–Crippen MR) is 83.5 cm³/mol. The standard InChI is InChI=1S/C15H13N3O2S/c16-15(20)10-6-14(21-8-10)18-13(19)5-9-7-17-12-4-2-1-3-11(9)12/h1-4,6-8,17H,5H2,(H2,16,20)(H,18,19). The maximum Gasteiger partial charge on any atom is 0.249 e. The lowest BCUT2D eigenvalue weighted by Gasteiger charge is -2.01. The van der Waals surface area contributed by atoms with Gasteiger partial charge in [0.2, 0.25) is 11.8 Å². The Balaban J connectivity index is 1.72. The van der Waals surface area contributed by atoms with E-state index in [-0.39, 0.29) is 12.3 Å². The highest BCUT2D eigenvalue weighted by molar-refractivity contribution is 7.14. The smallest absolute Gasteiger partial charge is 0.249 e. The SMILES string of the molecule is NC(=O)c1csc(NC(=O)Cc2c[nH]c3ccccc23)c1. The van der Waals surface area contributed by atoms with Crippen LogP contribution in [-0.2, 0) is 11.2 Å². The van der Waals surface area contributed by atoms with Crippen LogP contribution in [0.1, 0.15) is 15.9 Å². The molecule has 106 valence electrons. The molecule has 2 aromatic heterocycles. The maximum atomic E-state index is 12.1. The molecule has 1 aromatic carbocycles. The van der Waals surface area contributed by atoms with E-state index in [2.05, 4.69) is 10.3 Å². The summed E-state index contributed by atoms with van der Waals surface area (Å²) in [6, 6.07) is 9.41. The van der Waals surface area contributed by atoms with E-state index >= 15 is 0 Å². The van der Waals surface area contributed by atoms with Crippen molar-refractivity contribution < 1.29 is 9.59 Å². The number of para-hydroxylation sites is 1. The number of thiophene rings is 1. The number of nitrogens with one attached hydrogen (secondary N) is 2. The molecule has 0 saturated carbocycles. The van der Waals surface area contributed by atoms with Gasteiger partial charge in [0.1, 0.15) is 0 Å². The van der Waals surface area contributed by atoms with Gasteiger partial charge in [-0.2, -0.15) is 0 Å². The van der Waals surface area contributed by atoms with Gasteiger partial charge in [0, 0.05) is 22.5 Å². The Morgan fingerprint density at radius 1 is 1.29 bits per heavy atom. The van der Waals surface area contributed by atoms with Gasteiger partial charge in [0.25, 0.3) is 0 Å². The van der Waals surface area contributed by atoms with Crippen molar-refractivity contribution in [3.8, 4) is 0 Å². The fourth-order valence-electron chi connectivity index (χ4n) is 2.16. The predicted octanol–water partition coefficient (Wildman–Crippen LogP) is 2.51. The fraction of sp³-hybridized carbons (Fsp3) is 0.0667. The molecule has 0 aliphatic carbocycles. The second-order valence-electron chi connectivity index (χ2n) is 4.65. The van der Waals surface area contributed by atoms with Gasteiger partial charge in [-0.1, -0.05) is 18.2 Å². The Hall–Kier alpha value is -2.60. The summed E-state index contributed by atoms with van der Waals surface area (Å²) in [6.07, 6.45) is 2.11. The van der Waals surface area contributed by atoms with E-state index < -0.39 is 5.91 Å². The van der Waals surface area contributed by atoms with Crippen LogP contribution in [0.5, 0.6) is 0 Å². The molecule has 0 spiro atoms. The second-order valence-corrected chi connectivity index (χ2v) is 5.56. The van der Waals surface area contributed by atoms with Gasteiger partial charge >= 0.3 is 0 Å². The number of benzene rings is 1. The van der Waals surface area contributed by atoms with Crippen molar-refractivity contribution in [1.82, 2.24) is 4.98 Å². The quantitative estimate of drug-likeness (QED) is 0.691. The van der Waals surface area contributed by atoms with E-state index in [1.165, 1.54) is 11.3 Å². The number of hydrogen-bond donors (Lipinski definition) is 3. The Morgan fingerprint density at radius 3 is 2.86 bits per heavy atom. The summed E-state index contributed by atoms with van der Waals surface area (Å²) in [7, 11) is 0. The normalized spacial score (nSPS) is 10.7. The van der Waals surface area contributed by atoms with Crippen molar-refractivity contribution in [3.63, 3.8) is 0 Å². The number of primary amides is 1. The van der Waals surface area contributed by atoms with Gasteiger partial charge in [-0.3, -0.25) is 9.59 Å². The van der Waals surface area contributed by atoms with Crippen LogP contribution in [0.25, 0.3) is 10.9 Å². The first-order chi connectivity index (χ1) is 10.1. The van der Waals surface area contributed by atoms with Crippen LogP contribution in [0.4, 0.5) is 5.00 Å². The molecule has 0 fully saturated rings. The molecule has 0 saturated heterocycles. The molecule has 6 heteroatoms. The summed E-state index contributed by atoms with van der Waals surface area (Å²) in [5.41, 5.74) is 7.53. The summed E-state index contributed by atoms with van der Waals surface area (Å²) < 4.78 is 0. The zero-order valence-corrected chi connectivity index (χ0v) is 11.9. The van der Waals surface area contributed by atoms with E-state index in [4.69, 9.17) is 5.73 Å². The molecule has 3 rings (SSSR count). The lowest BCUT2D eigenvalue weighted by Crippen LogP contribution is -2.13. The Morgan fingerprint density at radius 2 is 2.10 bits per heavy atom. The molecule has 0 radical (unpaired) electrons. The largest absolute Gasteiger partial charge is 0.366 e. The number of rotatable bonds is 4. The van der Waals surface area contributed by atoms with Crippen LogP contribution in [0.2, 0.25) is 0 Å². The average Bonchev–Trinajstić information content (AvgIpc) is 3.07. The highest BCUT2D eigenvalue weighted by atomic mass is 32.1. The topological polar surface area (TPSA) is 88.0 Å². The van der Waals surface area contributed by atoms with E-state index in [1.807, 2.05) is 30.5 Å². The minimum atomic E-state index is -0.497. The van der Waals surface area contributed by atoms with Crippen LogP contribution in [0, 0.1) is 0 Å². The van der Waals surface area contributed by atoms with E-state index in [0.717, 1.165) is 16.5 Å². The van der Waals surface area contributed by atoms with Crippen molar-refractivity contribution in [1.29, 1.82) is 0 Å². The number of hydrogen-bond acceptors (Lipinski definition) is 3. The van der Waals surface area contributed by atoms with E-state index in [0.29, 0.717) is 10.6 Å². The lowest BCUT2D eigenvalue weighted by atomic mass is 10.1. The minimum Gasteiger partial charge on any atom is -0.366 e. The number of anilines is 1. The van der Waals surface area contributed by atoms with E-state index in [9.17, 15) is 9.59 Å². The van der Waals surface area contributed by atoms with Crippen LogP contribution in [-0.4, -0.2) is 16.8 Å². The fourth-order valence-corrected chi connectivity index (χ4v) is 2.97. The van der Waals surface area contributed by atoms with Gasteiger partial charge in [-0.25, -0.2) is 0 Å². The molecule has 21 heavy (non-hydrogen) atoms. The van der Waals surface area contributed by atoms with Crippen LogP contribution in [0.3, 0.4) is 0 Å². The van der Waals surface area contributed by atoms with Crippen molar-refractivity contribution in [2.45, 2.75) is 6.42 Å². The van der Waals surface area contributed by atoms with Gasteiger partial charge in [0.15, 0.2) is 0 Å². The molecule has 2 amide bonds. The first-order valence-corrected chi connectivity index (χ1v) is 7.24. The Labute approximate surface area is 124 Å². The number of nitrogens with two attached hydrogens (primary N) is 1. The third-order valence-electron chi connectivity index (χ3n) is 3.17. The number of aromatic amines is 1. The van der Waals surface area contributed by atoms with Crippen molar-refractivity contribution in [2.75, 3.05) is 5.32 Å². The molecule has 0 atom stereocenters. The molecule has 0 aliphatic rings. The first kappa shape index (κ1) is 13.4. The number of amides is 2. The monoisotopic (exact) mass is 299 g/mol. The third-order valence-corrected chi connectivity index (χ3v) is 4.02. The van der Waals surface area contributed by atoms with Gasteiger partial charge < -0.3 is 16.0 Å². The molecule has 0 aliphatic heterocycles. The molecule has 3 aromatic rings. The number of aromatic nitrogens is 1. The minimum absolute atomic E-state index is 0.127. The van der Waals surface area contributed by atoms with Gasteiger partial charge in [0.05, 0.1) is 17.0 Å². The maximum absolute atomic E-state index is 12.1. The number of fused-ring (bicyclic) bond motifs is 1. The molecule has 2 heterocycles. The molecular formula is C15H13N3O2S. The third kappa shape index (κ3) is 2.80. The van der Waals surface area contributed by atoms with Crippen LogP contribution >= 0.6 is 11.3 Å². The summed E-state index contributed by atoms with van der Waals surface area (Å²) in [6.45, 7) is 0. The molecular weight excluding hydrogens is 286 g/mol. The highest BCUT2D eigenvalue weighted by Gasteiger charge is 2.11. The number of H-pyrrole nitrogens is 1. The highest BCUT2D eigenvalue weighted by Crippen LogP contribution is 2.22. The lowest BCUT2D eigenvalue weighted by molar-refractivity contribution is -0.115. The van der Waals surface area contributed by atoms with Crippen LogP contribution in [0.15, 0.2) is 41.9 Å². The van der Waals surface area contributed by atoms with Gasteiger partial charge in [-0.15, -0.1) is 11.3 Å². The summed E-state index contributed by atoms with van der Waals surface area (Å²) >= 11 is 1.28. The number of carbonyl (C=O) groups excluding carboxylic acids is 2. The zero-order valence-electron chi connectivity index (χ0n) is 11.1. The molecule has 5 nitrogen and oxygen atoms in total. The average molecular weight is 299 g/mol. The summed E-state index contributed by atoms with van der Waals surface area (Å²) in [5, 5.41) is 6.06. The van der Waals surface area contributed by atoms with Crippen LogP contribution < -0.4 is 11.1 Å². The zero-order chi connectivity index (χ0) is 14.8. The molecule has 0 bridgehead atoms. The first-order valence-electron chi connectivity index (χ1n) is 6.36. The number of carbonyl (C=O) groups is 2.